The number of piperidine rings is 1. The molecule has 0 bridgehead atoms. The first kappa shape index (κ1) is 16.4. The summed E-state index contributed by atoms with van der Waals surface area (Å²) in [5, 5.41) is 16.2. The van der Waals surface area contributed by atoms with Crippen molar-refractivity contribution in [1.29, 1.82) is 0 Å². The molecule has 1 saturated heterocycles. The minimum atomic E-state index is -0.438. The van der Waals surface area contributed by atoms with Gasteiger partial charge >= 0.3 is 0 Å². The smallest absolute Gasteiger partial charge is 0.274 e. The highest BCUT2D eigenvalue weighted by Gasteiger charge is 2.28. The summed E-state index contributed by atoms with van der Waals surface area (Å²) in [5.74, 6) is -0.495. The van der Waals surface area contributed by atoms with Crippen LogP contribution >= 0.6 is 0 Å². The van der Waals surface area contributed by atoms with Crippen LogP contribution in [0.2, 0.25) is 0 Å². The number of halogens is 1. The van der Waals surface area contributed by atoms with E-state index < -0.39 is 5.82 Å². The predicted molar refractivity (Wildman–Crippen MR) is 85.1 cm³/mol. The summed E-state index contributed by atoms with van der Waals surface area (Å²) in [5.41, 5.74) is 0.863. The van der Waals surface area contributed by atoms with E-state index >= 15 is 0 Å². The van der Waals surface area contributed by atoms with Gasteiger partial charge in [-0.05, 0) is 37.5 Å². The third kappa shape index (κ3) is 3.56. The van der Waals surface area contributed by atoms with Gasteiger partial charge in [0.1, 0.15) is 6.61 Å². The summed E-state index contributed by atoms with van der Waals surface area (Å²) in [7, 11) is 0. The number of para-hydroxylation sites is 1. The number of carbonyl (C=O) groups is 1. The van der Waals surface area contributed by atoms with Crippen molar-refractivity contribution in [3.63, 3.8) is 0 Å². The number of benzene rings is 1. The molecular weight excluding hydrogens is 313 g/mol. The molecule has 1 unspecified atom stereocenters. The number of aromatic nitrogens is 2. The number of carbonyl (C=O) groups excluding carboxylic acids is 1. The predicted octanol–water partition coefficient (Wildman–Crippen LogP) is 2.11. The zero-order valence-corrected chi connectivity index (χ0v) is 13.2. The molecule has 0 radical (unpaired) electrons. The van der Waals surface area contributed by atoms with Crippen molar-refractivity contribution in [3.05, 3.63) is 47.5 Å². The van der Waals surface area contributed by atoms with Crippen LogP contribution in [0.15, 0.2) is 30.3 Å². The molecule has 1 atom stereocenters. The SMILES string of the molecule is O=C(c1cc(COc2ccccc2F)[nH]n1)N1CCCCC1CO. The van der Waals surface area contributed by atoms with Gasteiger partial charge in [-0.25, -0.2) is 4.39 Å². The highest BCUT2D eigenvalue weighted by atomic mass is 19.1. The lowest BCUT2D eigenvalue weighted by Gasteiger charge is -2.34. The number of rotatable bonds is 5. The highest BCUT2D eigenvalue weighted by molar-refractivity contribution is 5.92. The standard InChI is InChI=1S/C17H20FN3O3/c18-14-6-1-2-7-16(14)24-11-12-9-15(20-19-12)17(23)21-8-4-3-5-13(21)10-22/h1-2,6-7,9,13,22H,3-5,8,10-11H2,(H,19,20). The maximum atomic E-state index is 13.5. The summed E-state index contributed by atoms with van der Waals surface area (Å²) in [6.07, 6.45) is 2.74. The van der Waals surface area contributed by atoms with E-state index in [-0.39, 0.29) is 36.6 Å². The van der Waals surface area contributed by atoms with Crippen LogP contribution in [0.4, 0.5) is 4.39 Å². The van der Waals surface area contributed by atoms with Gasteiger partial charge < -0.3 is 14.7 Å². The fourth-order valence-corrected chi connectivity index (χ4v) is 2.87. The Morgan fingerprint density at radius 1 is 1.42 bits per heavy atom. The van der Waals surface area contributed by atoms with Crippen LogP contribution in [0.25, 0.3) is 0 Å². The minimum absolute atomic E-state index is 0.0422. The first-order valence-corrected chi connectivity index (χ1v) is 8.02. The van der Waals surface area contributed by atoms with Gasteiger partial charge in [0, 0.05) is 6.54 Å². The number of aliphatic hydroxyl groups excluding tert-OH is 1. The van der Waals surface area contributed by atoms with Crippen LogP contribution in [-0.2, 0) is 6.61 Å². The summed E-state index contributed by atoms with van der Waals surface area (Å²) in [4.78, 5) is 14.2. The maximum Gasteiger partial charge on any atom is 0.274 e. The molecule has 0 spiro atoms. The maximum absolute atomic E-state index is 13.5. The summed E-state index contributed by atoms with van der Waals surface area (Å²) in [6, 6.07) is 7.59. The molecule has 1 aliphatic rings. The van der Waals surface area contributed by atoms with Gasteiger partial charge in [0.05, 0.1) is 18.3 Å². The molecule has 2 heterocycles. The van der Waals surface area contributed by atoms with Gasteiger partial charge in [0.15, 0.2) is 17.3 Å². The number of nitrogens with zero attached hydrogens (tertiary/aromatic N) is 2. The van der Waals surface area contributed by atoms with Crippen molar-refractivity contribution in [2.75, 3.05) is 13.2 Å². The molecule has 128 valence electrons. The first-order chi connectivity index (χ1) is 11.7. The molecular formula is C17H20FN3O3. The van der Waals surface area contributed by atoms with Crippen molar-refractivity contribution in [1.82, 2.24) is 15.1 Å². The van der Waals surface area contributed by atoms with Crippen molar-refractivity contribution >= 4 is 5.91 Å². The quantitative estimate of drug-likeness (QED) is 0.878. The van der Waals surface area contributed by atoms with Crippen molar-refractivity contribution in [2.24, 2.45) is 0 Å². The Kier molecular flexibility index (Phi) is 5.10. The fraction of sp³-hybridized carbons (Fsp3) is 0.412. The number of ether oxygens (including phenoxy) is 1. The molecule has 2 aromatic rings. The molecule has 1 aliphatic heterocycles. The van der Waals surface area contributed by atoms with E-state index in [0.29, 0.717) is 12.2 Å². The van der Waals surface area contributed by atoms with Crippen molar-refractivity contribution < 1.29 is 19.0 Å². The normalized spacial score (nSPS) is 17.8. The Hall–Kier alpha value is -2.41. The van der Waals surface area contributed by atoms with E-state index in [2.05, 4.69) is 10.2 Å². The Bertz CT molecular complexity index is 704. The van der Waals surface area contributed by atoms with E-state index in [0.717, 1.165) is 19.3 Å². The van der Waals surface area contributed by atoms with Crippen LogP contribution in [0.3, 0.4) is 0 Å². The molecule has 6 nitrogen and oxygen atoms in total. The number of H-pyrrole nitrogens is 1. The van der Waals surface area contributed by atoms with Crippen molar-refractivity contribution in [2.45, 2.75) is 31.9 Å². The van der Waals surface area contributed by atoms with E-state index in [4.69, 9.17) is 4.74 Å². The van der Waals surface area contributed by atoms with Crippen molar-refractivity contribution in [3.8, 4) is 5.75 Å². The Labute approximate surface area is 139 Å². The molecule has 1 aromatic carbocycles. The Morgan fingerprint density at radius 2 is 2.25 bits per heavy atom. The number of nitrogens with one attached hydrogen (secondary N) is 1. The number of hydrogen-bond donors (Lipinski definition) is 2. The molecule has 3 rings (SSSR count). The van der Waals surface area contributed by atoms with E-state index in [1.54, 1.807) is 23.1 Å². The first-order valence-electron chi connectivity index (χ1n) is 8.02. The number of likely N-dealkylation sites (tertiary alicyclic amines) is 1. The lowest BCUT2D eigenvalue weighted by Crippen LogP contribution is -2.45. The molecule has 0 saturated carbocycles. The Morgan fingerprint density at radius 3 is 3.04 bits per heavy atom. The summed E-state index contributed by atoms with van der Waals surface area (Å²) >= 11 is 0. The van der Waals surface area contributed by atoms with Gasteiger partial charge in [0.25, 0.3) is 5.91 Å². The molecule has 1 aromatic heterocycles. The topological polar surface area (TPSA) is 78.5 Å². The second-order valence-corrected chi connectivity index (χ2v) is 5.83. The molecule has 7 heteroatoms. The highest BCUT2D eigenvalue weighted by Crippen LogP contribution is 2.20. The van der Waals surface area contributed by atoms with Crippen LogP contribution < -0.4 is 4.74 Å². The largest absolute Gasteiger partial charge is 0.484 e. The van der Waals surface area contributed by atoms with Gasteiger partial charge in [-0.15, -0.1) is 0 Å². The number of amides is 1. The zero-order valence-electron chi connectivity index (χ0n) is 13.2. The molecule has 2 N–H and O–H groups in total. The molecule has 1 amide bonds. The van der Waals surface area contributed by atoms with Gasteiger partial charge in [-0.2, -0.15) is 5.10 Å². The molecule has 0 aliphatic carbocycles. The third-order valence-corrected chi connectivity index (χ3v) is 4.17. The molecule has 24 heavy (non-hydrogen) atoms. The number of aliphatic hydroxyl groups is 1. The van der Waals surface area contributed by atoms with Gasteiger partial charge in [-0.1, -0.05) is 12.1 Å². The minimum Gasteiger partial charge on any atom is -0.484 e. The van der Waals surface area contributed by atoms with E-state index in [1.807, 2.05) is 0 Å². The number of aromatic amines is 1. The lowest BCUT2D eigenvalue weighted by molar-refractivity contribution is 0.0497. The number of hydrogen-bond acceptors (Lipinski definition) is 4. The fourth-order valence-electron chi connectivity index (χ4n) is 2.87. The van der Waals surface area contributed by atoms with E-state index in [9.17, 15) is 14.3 Å². The van der Waals surface area contributed by atoms with Gasteiger partial charge in [0.2, 0.25) is 0 Å². The third-order valence-electron chi connectivity index (χ3n) is 4.17. The Balaban J connectivity index is 1.64. The van der Waals surface area contributed by atoms with Crippen LogP contribution in [0, 0.1) is 5.82 Å². The summed E-state index contributed by atoms with van der Waals surface area (Å²) < 4.78 is 18.9. The lowest BCUT2D eigenvalue weighted by atomic mass is 10.0. The average molecular weight is 333 g/mol. The second kappa shape index (κ2) is 7.44. The van der Waals surface area contributed by atoms with Crippen LogP contribution in [0.1, 0.15) is 35.4 Å². The molecule has 1 fully saturated rings. The summed E-state index contributed by atoms with van der Waals surface area (Å²) in [6.45, 7) is 0.669. The van der Waals surface area contributed by atoms with Gasteiger partial charge in [-0.3, -0.25) is 9.89 Å². The average Bonchev–Trinajstić information content (AvgIpc) is 3.09. The van der Waals surface area contributed by atoms with Crippen LogP contribution in [-0.4, -0.2) is 45.3 Å². The monoisotopic (exact) mass is 333 g/mol. The van der Waals surface area contributed by atoms with E-state index in [1.165, 1.54) is 12.1 Å². The second-order valence-electron chi connectivity index (χ2n) is 5.83. The zero-order chi connectivity index (χ0) is 16.9. The van der Waals surface area contributed by atoms with Crippen LogP contribution in [0.5, 0.6) is 5.75 Å².